The van der Waals surface area contributed by atoms with Crippen LogP contribution in [0.15, 0.2) is 81.9 Å². The van der Waals surface area contributed by atoms with Crippen molar-refractivity contribution in [2.45, 2.75) is 4.90 Å². The fourth-order valence-corrected chi connectivity index (χ4v) is 4.80. The van der Waals surface area contributed by atoms with Crippen molar-refractivity contribution < 1.29 is 18.3 Å². The zero-order valence-corrected chi connectivity index (χ0v) is 18.4. The molecule has 0 bridgehead atoms. The first kappa shape index (κ1) is 21.8. The number of sulfonamides is 1. The molecule has 0 atom stereocenters. The van der Waals surface area contributed by atoms with Gasteiger partial charge >= 0.3 is 0 Å². The van der Waals surface area contributed by atoms with Gasteiger partial charge in [0.2, 0.25) is 5.88 Å². The van der Waals surface area contributed by atoms with Gasteiger partial charge in [0, 0.05) is 10.9 Å². The number of hydrogen-bond acceptors (Lipinski definition) is 5. The largest absolute Gasteiger partial charge is 0.493 e. The molecule has 4 aromatic rings. The van der Waals surface area contributed by atoms with Crippen LogP contribution in [0, 0.1) is 0 Å². The number of aromatic amines is 1. The van der Waals surface area contributed by atoms with E-state index in [9.17, 15) is 18.3 Å². The van der Waals surface area contributed by atoms with Crippen molar-refractivity contribution in [3.63, 3.8) is 0 Å². The average Bonchev–Trinajstić information content (AvgIpc) is 3.08. The second-order valence-electron chi connectivity index (χ2n) is 6.60. The first-order valence-electron chi connectivity index (χ1n) is 9.09. The number of anilines is 1. The van der Waals surface area contributed by atoms with Crippen LogP contribution in [0.4, 0.5) is 11.4 Å². The topological polar surface area (TPSA) is 124 Å². The molecule has 1 aromatic heterocycles. The second kappa shape index (κ2) is 8.62. The third-order valence-electron chi connectivity index (χ3n) is 4.49. The zero-order valence-electron chi connectivity index (χ0n) is 16.1. The van der Waals surface area contributed by atoms with Crippen LogP contribution in [0.5, 0.6) is 5.88 Å². The summed E-state index contributed by atoms with van der Waals surface area (Å²) in [6.07, 6.45) is 0. The Hall–Kier alpha value is -3.40. The third-order valence-corrected chi connectivity index (χ3v) is 6.66. The van der Waals surface area contributed by atoms with Gasteiger partial charge in [0.15, 0.2) is 5.69 Å². The van der Waals surface area contributed by atoms with Crippen molar-refractivity contribution in [1.82, 2.24) is 4.98 Å². The van der Waals surface area contributed by atoms with E-state index in [1.165, 1.54) is 24.3 Å². The minimum atomic E-state index is -4.15. The number of nitrogens with zero attached hydrogens (tertiary/aromatic N) is 2. The summed E-state index contributed by atoms with van der Waals surface area (Å²) in [5.41, 5.74) is 0.821. The lowest BCUT2D eigenvalue weighted by molar-refractivity contribution is 0.0995. The highest BCUT2D eigenvalue weighted by atomic mass is 35.5. The van der Waals surface area contributed by atoms with Gasteiger partial charge in [-0.3, -0.25) is 9.52 Å². The van der Waals surface area contributed by atoms with Crippen LogP contribution >= 0.6 is 23.2 Å². The van der Waals surface area contributed by atoms with E-state index >= 15 is 0 Å². The van der Waals surface area contributed by atoms with E-state index < -0.39 is 15.9 Å². The quantitative estimate of drug-likeness (QED) is 0.302. The molecular formula is C21H14Cl2N4O4S. The van der Waals surface area contributed by atoms with E-state index in [0.717, 1.165) is 6.07 Å². The predicted molar refractivity (Wildman–Crippen MR) is 123 cm³/mol. The Morgan fingerprint density at radius 2 is 1.69 bits per heavy atom. The molecule has 32 heavy (non-hydrogen) atoms. The Bertz CT molecular complexity index is 1480. The van der Waals surface area contributed by atoms with Gasteiger partial charge in [-0.15, -0.1) is 10.2 Å². The van der Waals surface area contributed by atoms with Crippen LogP contribution in [0.3, 0.4) is 0 Å². The second-order valence-corrected chi connectivity index (χ2v) is 9.07. The van der Waals surface area contributed by atoms with Crippen LogP contribution in [0.25, 0.3) is 10.9 Å². The fourth-order valence-electron chi connectivity index (χ4n) is 2.95. The molecule has 0 aliphatic rings. The minimum Gasteiger partial charge on any atom is -0.493 e. The van der Waals surface area contributed by atoms with E-state index in [0.29, 0.717) is 10.9 Å². The monoisotopic (exact) mass is 488 g/mol. The Morgan fingerprint density at radius 3 is 2.47 bits per heavy atom. The molecule has 0 unspecified atom stereocenters. The molecular weight excluding hydrogens is 475 g/mol. The molecule has 0 radical (unpaired) electrons. The highest BCUT2D eigenvalue weighted by molar-refractivity contribution is 7.92. The number of carbonyl (C=O) groups excluding carboxylic acids is 1. The van der Waals surface area contributed by atoms with Crippen LogP contribution in [-0.4, -0.2) is 24.4 Å². The number of para-hydroxylation sites is 2. The smallest absolute Gasteiger partial charge is 0.295 e. The normalized spacial score (nSPS) is 11.8. The zero-order chi connectivity index (χ0) is 22.9. The van der Waals surface area contributed by atoms with E-state index in [1.807, 2.05) is 0 Å². The molecule has 0 saturated carbocycles. The maximum absolute atomic E-state index is 12.8. The number of aromatic nitrogens is 1. The Kier molecular flexibility index (Phi) is 5.88. The molecule has 162 valence electrons. The van der Waals surface area contributed by atoms with E-state index in [4.69, 9.17) is 23.2 Å². The fraction of sp³-hybridized carbons (Fsp3) is 0. The third kappa shape index (κ3) is 4.31. The lowest BCUT2D eigenvalue weighted by atomic mass is 10.2. The van der Waals surface area contributed by atoms with Gasteiger partial charge in [0.25, 0.3) is 15.9 Å². The average molecular weight is 489 g/mol. The lowest BCUT2D eigenvalue weighted by Gasteiger charge is -2.11. The SMILES string of the molecule is O=C(N=Nc1c(O)[nH]c2ccccc12)c1ccc(Cl)c(S(=O)(=O)Nc2ccccc2Cl)c1. The van der Waals surface area contributed by atoms with E-state index in [1.54, 1.807) is 36.4 Å². The van der Waals surface area contributed by atoms with Gasteiger partial charge < -0.3 is 10.1 Å². The van der Waals surface area contributed by atoms with Crippen LogP contribution in [0.2, 0.25) is 10.0 Å². The molecule has 0 aliphatic carbocycles. The molecule has 0 aliphatic heterocycles. The summed E-state index contributed by atoms with van der Waals surface area (Å²) >= 11 is 12.1. The Balaban J connectivity index is 1.64. The van der Waals surface area contributed by atoms with Gasteiger partial charge in [-0.1, -0.05) is 53.5 Å². The number of nitrogens with one attached hydrogen (secondary N) is 2. The number of aromatic hydroxyl groups is 1. The van der Waals surface area contributed by atoms with Crippen LogP contribution < -0.4 is 4.72 Å². The van der Waals surface area contributed by atoms with E-state index in [2.05, 4.69) is 19.9 Å². The first-order valence-corrected chi connectivity index (χ1v) is 11.3. The molecule has 8 nitrogen and oxygen atoms in total. The van der Waals surface area contributed by atoms with E-state index in [-0.39, 0.29) is 37.8 Å². The summed E-state index contributed by atoms with van der Waals surface area (Å²) in [7, 11) is -4.15. The molecule has 0 fully saturated rings. The summed E-state index contributed by atoms with van der Waals surface area (Å²) in [6, 6.07) is 17.0. The van der Waals surface area contributed by atoms with Crippen molar-refractivity contribution in [2.24, 2.45) is 10.2 Å². The number of benzene rings is 3. The number of H-pyrrole nitrogens is 1. The summed E-state index contributed by atoms with van der Waals surface area (Å²) < 4.78 is 28.0. The highest BCUT2D eigenvalue weighted by Crippen LogP contribution is 2.35. The van der Waals surface area contributed by atoms with Gasteiger partial charge in [-0.05, 0) is 36.4 Å². The Labute approximate surface area is 192 Å². The number of halogens is 2. The van der Waals surface area contributed by atoms with Crippen molar-refractivity contribution in [1.29, 1.82) is 0 Å². The standard InChI is InChI=1S/C21H14Cl2N4O4S/c22-14-6-2-4-8-17(14)27-32(30,31)18-11-12(9-10-15(18)23)20(28)26-25-19-13-5-1-3-7-16(13)24-21(19)29/h1-11,24,27,29H. The van der Waals surface area contributed by atoms with Gasteiger partial charge in [-0.2, -0.15) is 0 Å². The van der Waals surface area contributed by atoms with Gasteiger partial charge in [-0.25, -0.2) is 8.42 Å². The predicted octanol–water partition coefficient (Wildman–Crippen LogP) is 5.91. The lowest BCUT2D eigenvalue weighted by Crippen LogP contribution is -2.14. The maximum atomic E-state index is 12.8. The highest BCUT2D eigenvalue weighted by Gasteiger charge is 2.21. The summed E-state index contributed by atoms with van der Waals surface area (Å²) in [4.78, 5) is 15.0. The number of azo groups is 1. The summed E-state index contributed by atoms with van der Waals surface area (Å²) in [5, 5.41) is 18.2. The van der Waals surface area contributed by atoms with Gasteiger partial charge in [0.1, 0.15) is 4.90 Å². The number of fused-ring (bicyclic) bond motifs is 1. The molecule has 1 heterocycles. The molecule has 3 N–H and O–H groups in total. The molecule has 0 saturated heterocycles. The first-order chi connectivity index (χ1) is 15.3. The number of carbonyl (C=O) groups is 1. The van der Waals surface area contributed by atoms with Crippen molar-refractivity contribution >= 4 is 61.4 Å². The summed E-state index contributed by atoms with van der Waals surface area (Å²) in [6.45, 7) is 0. The van der Waals surface area contributed by atoms with Crippen molar-refractivity contribution in [3.05, 3.63) is 82.3 Å². The number of hydrogen-bond donors (Lipinski definition) is 3. The van der Waals surface area contributed by atoms with Gasteiger partial charge in [0.05, 0.1) is 21.2 Å². The molecule has 0 spiro atoms. The molecule has 4 rings (SSSR count). The maximum Gasteiger partial charge on any atom is 0.295 e. The summed E-state index contributed by atoms with van der Waals surface area (Å²) in [5.74, 6) is -1.06. The van der Waals surface area contributed by atoms with Crippen molar-refractivity contribution in [2.75, 3.05) is 4.72 Å². The molecule has 3 aromatic carbocycles. The minimum absolute atomic E-state index is 0.0583. The number of rotatable bonds is 5. The molecule has 11 heteroatoms. The Morgan fingerprint density at radius 1 is 0.969 bits per heavy atom. The van der Waals surface area contributed by atoms with Crippen molar-refractivity contribution in [3.8, 4) is 5.88 Å². The van der Waals surface area contributed by atoms with Crippen LogP contribution in [0.1, 0.15) is 10.4 Å². The molecule has 1 amide bonds. The number of amides is 1. The van der Waals surface area contributed by atoms with Crippen LogP contribution in [-0.2, 0) is 10.0 Å².